The first-order valence-electron chi connectivity index (χ1n) is 21.4. The van der Waals surface area contributed by atoms with Gasteiger partial charge in [-0.25, -0.2) is 15.0 Å². The Morgan fingerprint density at radius 3 is 1.26 bits per heavy atom. The quantitative estimate of drug-likeness (QED) is 0.152. The van der Waals surface area contributed by atoms with Gasteiger partial charge in [0.05, 0.1) is 34.3 Å². The third-order valence-electron chi connectivity index (χ3n) is 11.8. The van der Waals surface area contributed by atoms with E-state index in [1.165, 1.54) is 0 Å². The Morgan fingerprint density at radius 1 is 0.292 bits per heavy atom. The summed E-state index contributed by atoms with van der Waals surface area (Å²) in [6.45, 7) is 0. The summed E-state index contributed by atoms with van der Waals surface area (Å²) in [5.41, 5.74) is 14.2. The van der Waals surface area contributed by atoms with Crippen molar-refractivity contribution in [1.29, 1.82) is 10.5 Å². The van der Waals surface area contributed by atoms with Crippen molar-refractivity contribution >= 4 is 21.8 Å². The largest absolute Gasteiger partial charge is 0.309 e. The molecule has 0 aliphatic rings. The first kappa shape index (κ1) is 38.7. The molecule has 0 amide bonds. The van der Waals surface area contributed by atoms with Crippen molar-refractivity contribution < 1.29 is 0 Å². The van der Waals surface area contributed by atoms with Gasteiger partial charge >= 0.3 is 0 Å². The molecule has 65 heavy (non-hydrogen) atoms. The van der Waals surface area contributed by atoms with Gasteiger partial charge in [-0.2, -0.15) is 10.5 Å². The summed E-state index contributed by atoms with van der Waals surface area (Å²) in [6.07, 6.45) is 0. The van der Waals surface area contributed by atoms with Gasteiger partial charge in [0.25, 0.3) is 0 Å². The second kappa shape index (κ2) is 16.6. The normalized spacial score (nSPS) is 11.0. The van der Waals surface area contributed by atoms with Crippen LogP contribution < -0.4 is 0 Å². The number of rotatable bonds is 8. The van der Waals surface area contributed by atoms with E-state index in [0.717, 1.165) is 88.7 Å². The molecule has 0 bridgehead atoms. The summed E-state index contributed by atoms with van der Waals surface area (Å²) in [5.74, 6) is 1.54. The lowest BCUT2D eigenvalue weighted by molar-refractivity contribution is 1.07. The van der Waals surface area contributed by atoms with Crippen molar-refractivity contribution in [2.75, 3.05) is 0 Å². The van der Waals surface area contributed by atoms with E-state index in [0.29, 0.717) is 28.6 Å². The Morgan fingerprint density at radius 2 is 0.708 bits per heavy atom. The molecule has 6 nitrogen and oxygen atoms in total. The summed E-state index contributed by atoms with van der Waals surface area (Å²) in [5, 5.41) is 22.4. The number of benzene rings is 9. The second-order valence-corrected chi connectivity index (χ2v) is 15.9. The maximum Gasteiger partial charge on any atom is 0.164 e. The summed E-state index contributed by atoms with van der Waals surface area (Å²) < 4.78 is 2.29. The van der Waals surface area contributed by atoms with E-state index in [4.69, 9.17) is 15.0 Å². The fraction of sp³-hybridized carbons (Fsp3) is 0. The van der Waals surface area contributed by atoms with E-state index in [2.05, 4.69) is 144 Å². The molecule has 6 heteroatoms. The Hall–Kier alpha value is -9.23. The summed E-state index contributed by atoms with van der Waals surface area (Å²) in [4.78, 5) is 15.8. The van der Waals surface area contributed by atoms with Crippen LogP contribution in [-0.4, -0.2) is 19.5 Å². The van der Waals surface area contributed by atoms with Crippen LogP contribution in [0, 0.1) is 22.7 Å². The van der Waals surface area contributed by atoms with E-state index < -0.39 is 0 Å². The van der Waals surface area contributed by atoms with Crippen LogP contribution in [0.1, 0.15) is 11.1 Å². The molecule has 0 aliphatic heterocycles. The smallest absolute Gasteiger partial charge is 0.164 e. The number of aromatic nitrogens is 4. The molecule has 0 radical (unpaired) electrons. The summed E-state index contributed by atoms with van der Waals surface area (Å²) >= 11 is 0. The zero-order chi connectivity index (χ0) is 43.7. The monoisotopic (exact) mass is 828 g/mol. The number of hydrogen-bond donors (Lipinski definition) is 0. The zero-order valence-corrected chi connectivity index (χ0v) is 35.0. The first-order chi connectivity index (χ1) is 32.1. The number of para-hydroxylation sites is 1. The molecule has 11 rings (SSSR count). The second-order valence-electron chi connectivity index (χ2n) is 15.9. The van der Waals surface area contributed by atoms with Crippen LogP contribution in [0.25, 0.3) is 106 Å². The molecule has 2 aromatic heterocycles. The molecule has 0 saturated heterocycles. The van der Waals surface area contributed by atoms with Gasteiger partial charge in [-0.05, 0) is 105 Å². The molecule has 0 spiro atoms. The van der Waals surface area contributed by atoms with Gasteiger partial charge < -0.3 is 4.57 Å². The van der Waals surface area contributed by atoms with Crippen molar-refractivity contribution in [3.05, 3.63) is 230 Å². The number of nitriles is 2. The standard InChI is InChI=1S/C59H36N6/c60-37-39-28-40(38-61)30-49(29-39)50-33-51(35-52(34-50)65-55-25-11-10-24-53(55)54-27-26-46(36-56(54)65)43-18-8-3-9-19-43)59-63-57(47-22-12-20-44(31-47)41-14-4-1-5-15-41)62-58(64-59)48-23-13-21-45(32-48)42-16-6-2-7-17-42/h1-36H. The molecule has 11 aromatic rings. The Kier molecular flexibility index (Phi) is 9.86. The molecule has 0 N–H and O–H groups in total. The third-order valence-corrected chi connectivity index (χ3v) is 11.8. The van der Waals surface area contributed by atoms with E-state index in [9.17, 15) is 10.5 Å². The third kappa shape index (κ3) is 7.48. The van der Waals surface area contributed by atoms with Crippen LogP contribution in [0.3, 0.4) is 0 Å². The summed E-state index contributed by atoms with van der Waals surface area (Å²) in [6, 6.07) is 78.8. The minimum atomic E-state index is 0.400. The minimum Gasteiger partial charge on any atom is -0.309 e. The highest BCUT2D eigenvalue weighted by Gasteiger charge is 2.19. The van der Waals surface area contributed by atoms with Gasteiger partial charge in [-0.15, -0.1) is 0 Å². The fourth-order valence-electron chi connectivity index (χ4n) is 8.72. The lowest BCUT2D eigenvalue weighted by atomic mass is 9.97. The SMILES string of the molecule is N#Cc1cc(C#N)cc(-c2cc(-c3nc(-c4cccc(-c5ccccc5)c4)nc(-c4cccc(-c5ccccc5)c4)n3)cc(-n3c4ccccc4c4ccc(-c5ccccc5)cc43)c2)c1. The lowest BCUT2D eigenvalue weighted by Crippen LogP contribution is -2.02. The molecule has 0 aliphatic carbocycles. The van der Waals surface area contributed by atoms with Crippen LogP contribution >= 0.6 is 0 Å². The molecular weight excluding hydrogens is 793 g/mol. The maximum absolute atomic E-state index is 10.1. The Balaban J connectivity index is 1.18. The maximum atomic E-state index is 10.1. The van der Waals surface area contributed by atoms with E-state index >= 15 is 0 Å². The highest BCUT2D eigenvalue weighted by Crippen LogP contribution is 2.39. The van der Waals surface area contributed by atoms with Gasteiger partial charge in [-0.3, -0.25) is 0 Å². The van der Waals surface area contributed by atoms with Crippen molar-refractivity contribution in [3.8, 4) is 96.5 Å². The topological polar surface area (TPSA) is 91.2 Å². The molecule has 0 fully saturated rings. The molecular formula is C59H36N6. The van der Waals surface area contributed by atoms with Crippen LogP contribution in [0.4, 0.5) is 0 Å². The Bertz CT molecular complexity index is 3540. The van der Waals surface area contributed by atoms with E-state index in [1.54, 1.807) is 6.07 Å². The van der Waals surface area contributed by atoms with Crippen LogP contribution in [0.5, 0.6) is 0 Å². The van der Waals surface area contributed by atoms with Gasteiger partial charge in [0.15, 0.2) is 17.5 Å². The van der Waals surface area contributed by atoms with Crippen LogP contribution in [0.15, 0.2) is 218 Å². The predicted octanol–water partition coefficient (Wildman–Crippen LogP) is 14.4. The first-order valence-corrected chi connectivity index (χ1v) is 21.4. The molecule has 2 heterocycles. The zero-order valence-electron chi connectivity index (χ0n) is 35.0. The number of nitrogens with zero attached hydrogens (tertiary/aromatic N) is 6. The lowest BCUT2D eigenvalue weighted by Gasteiger charge is -2.15. The van der Waals surface area contributed by atoms with Crippen molar-refractivity contribution in [1.82, 2.24) is 19.5 Å². The average Bonchev–Trinajstić information content (AvgIpc) is 3.72. The molecule has 9 aromatic carbocycles. The van der Waals surface area contributed by atoms with Gasteiger partial charge in [0.2, 0.25) is 0 Å². The van der Waals surface area contributed by atoms with Crippen molar-refractivity contribution in [2.45, 2.75) is 0 Å². The van der Waals surface area contributed by atoms with E-state index in [-0.39, 0.29) is 0 Å². The van der Waals surface area contributed by atoms with Crippen LogP contribution in [0.2, 0.25) is 0 Å². The molecule has 0 saturated carbocycles. The molecule has 0 unspecified atom stereocenters. The van der Waals surface area contributed by atoms with E-state index in [1.807, 2.05) is 84.9 Å². The van der Waals surface area contributed by atoms with Gasteiger partial charge in [0, 0.05) is 33.2 Å². The van der Waals surface area contributed by atoms with Gasteiger partial charge in [0.1, 0.15) is 0 Å². The average molecular weight is 829 g/mol. The van der Waals surface area contributed by atoms with Gasteiger partial charge in [-0.1, -0.05) is 158 Å². The highest BCUT2D eigenvalue weighted by molar-refractivity contribution is 6.10. The highest BCUT2D eigenvalue weighted by atomic mass is 15.0. The predicted molar refractivity (Wildman–Crippen MR) is 262 cm³/mol. The van der Waals surface area contributed by atoms with Crippen molar-refractivity contribution in [3.63, 3.8) is 0 Å². The fourth-order valence-corrected chi connectivity index (χ4v) is 8.72. The van der Waals surface area contributed by atoms with Crippen LogP contribution in [-0.2, 0) is 0 Å². The Labute approximate surface area is 376 Å². The molecule has 0 atom stereocenters. The number of hydrogen-bond acceptors (Lipinski definition) is 5. The van der Waals surface area contributed by atoms with Crippen molar-refractivity contribution in [2.24, 2.45) is 0 Å². The summed E-state index contributed by atoms with van der Waals surface area (Å²) in [7, 11) is 0. The number of fused-ring (bicyclic) bond motifs is 3. The minimum absolute atomic E-state index is 0.400. The molecule has 302 valence electrons.